The Bertz CT molecular complexity index is 430. The Morgan fingerprint density at radius 3 is 2.95 bits per heavy atom. The lowest BCUT2D eigenvalue weighted by atomic mass is 9.94. The molecule has 0 radical (unpaired) electrons. The molecule has 0 aliphatic carbocycles. The molecule has 0 aromatic carbocycles. The van der Waals surface area contributed by atoms with Gasteiger partial charge >= 0.3 is 5.69 Å². The third kappa shape index (κ3) is 3.89. The molecule has 104 valence electrons. The molecule has 6 heteroatoms. The van der Waals surface area contributed by atoms with Gasteiger partial charge in [0.15, 0.2) is 0 Å². The lowest BCUT2D eigenvalue weighted by Gasteiger charge is -2.28. The number of nitrogens with zero attached hydrogens (tertiary/aromatic N) is 3. The van der Waals surface area contributed by atoms with Gasteiger partial charge in [0.05, 0.1) is 4.92 Å². The molecule has 0 amide bonds. The number of pyridine rings is 1. The number of rotatable bonds is 5. The molecule has 1 aliphatic rings. The first-order chi connectivity index (χ1) is 9.16. The predicted molar refractivity (Wildman–Crippen MR) is 74.2 cm³/mol. The Balaban J connectivity index is 1.81. The highest BCUT2D eigenvalue weighted by atomic mass is 16.6. The van der Waals surface area contributed by atoms with Gasteiger partial charge in [0.25, 0.3) is 0 Å². The zero-order chi connectivity index (χ0) is 13.7. The van der Waals surface area contributed by atoms with Crippen LogP contribution in [0.5, 0.6) is 0 Å². The van der Waals surface area contributed by atoms with Gasteiger partial charge in [0.1, 0.15) is 0 Å². The Morgan fingerprint density at radius 1 is 1.53 bits per heavy atom. The summed E-state index contributed by atoms with van der Waals surface area (Å²) in [6, 6.07) is 3.06. The molecule has 6 nitrogen and oxygen atoms in total. The zero-order valence-corrected chi connectivity index (χ0v) is 11.2. The average molecular weight is 264 g/mol. The molecule has 0 spiro atoms. The first-order valence-corrected chi connectivity index (χ1v) is 6.68. The predicted octanol–water partition coefficient (Wildman–Crippen LogP) is 2.13. The van der Waals surface area contributed by atoms with E-state index in [2.05, 4.69) is 22.2 Å². The van der Waals surface area contributed by atoms with Crippen molar-refractivity contribution in [3.05, 3.63) is 28.4 Å². The van der Waals surface area contributed by atoms with E-state index < -0.39 is 4.92 Å². The van der Waals surface area contributed by atoms with Crippen LogP contribution >= 0.6 is 0 Å². The van der Waals surface area contributed by atoms with Crippen molar-refractivity contribution in [3.8, 4) is 0 Å². The molecule has 1 aromatic heterocycles. The van der Waals surface area contributed by atoms with Gasteiger partial charge in [0, 0.05) is 18.8 Å². The number of anilines is 1. The number of nitrogens with one attached hydrogen (secondary N) is 1. The van der Waals surface area contributed by atoms with Crippen molar-refractivity contribution in [2.45, 2.75) is 19.3 Å². The van der Waals surface area contributed by atoms with Crippen LogP contribution in [0.1, 0.15) is 19.3 Å². The second kappa shape index (κ2) is 6.47. The smallest absolute Gasteiger partial charge is 0.311 e. The van der Waals surface area contributed by atoms with Gasteiger partial charge in [-0.05, 0) is 51.4 Å². The van der Waals surface area contributed by atoms with Crippen LogP contribution in [-0.4, -0.2) is 41.5 Å². The minimum absolute atomic E-state index is 0.0471. The molecule has 1 fully saturated rings. The normalized spacial score (nSPS) is 17.3. The van der Waals surface area contributed by atoms with Gasteiger partial charge in [-0.1, -0.05) is 0 Å². The molecular weight excluding hydrogens is 244 g/mol. The molecule has 1 saturated heterocycles. The lowest BCUT2D eigenvalue weighted by molar-refractivity contribution is -0.384. The summed E-state index contributed by atoms with van der Waals surface area (Å²) in [7, 11) is 2.14. The first-order valence-electron chi connectivity index (χ1n) is 6.68. The summed E-state index contributed by atoms with van der Waals surface area (Å²) in [6.45, 7) is 3.04. The van der Waals surface area contributed by atoms with Crippen molar-refractivity contribution in [1.29, 1.82) is 0 Å². The van der Waals surface area contributed by atoms with Crippen LogP contribution in [0.4, 0.5) is 11.5 Å². The second-order valence-electron chi connectivity index (χ2n) is 5.09. The molecule has 19 heavy (non-hydrogen) atoms. The molecule has 0 bridgehead atoms. The fourth-order valence-electron chi connectivity index (χ4n) is 2.43. The third-order valence-corrected chi connectivity index (χ3v) is 3.67. The van der Waals surface area contributed by atoms with E-state index in [0.717, 1.165) is 26.1 Å². The SMILES string of the molecule is CN1CCC(CCNc2ncccc2[N+](=O)[O-])CC1. The van der Waals surface area contributed by atoms with E-state index >= 15 is 0 Å². The molecule has 0 unspecified atom stereocenters. The van der Waals surface area contributed by atoms with Crippen LogP contribution in [0.25, 0.3) is 0 Å². The van der Waals surface area contributed by atoms with E-state index in [4.69, 9.17) is 0 Å². The summed E-state index contributed by atoms with van der Waals surface area (Å²) in [5.74, 6) is 1.09. The highest BCUT2D eigenvalue weighted by molar-refractivity contribution is 5.54. The number of likely N-dealkylation sites (tertiary alicyclic amines) is 1. The molecule has 1 N–H and O–H groups in total. The van der Waals surface area contributed by atoms with Gasteiger partial charge in [0.2, 0.25) is 5.82 Å². The fourth-order valence-corrected chi connectivity index (χ4v) is 2.43. The second-order valence-corrected chi connectivity index (χ2v) is 5.09. The van der Waals surface area contributed by atoms with Crippen molar-refractivity contribution in [2.75, 3.05) is 32.0 Å². The maximum Gasteiger partial charge on any atom is 0.311 e. The lowest BCUT2D eigenvalue weighted by Crippen LogP contribution is -2.30. The zero-order valence-electron chi connectivity index (χ0n) is 11.2. The maximum absolute atomic E-state index is 10.8. The van der Waals surface area contributed by atoms with Crippen molar-refractivity contribution in [3.63, 3.8) is 0 Å². The van der Waals surface area contributed by atoms with Crippen LogP contribution in [0.2, 0.25) is 0 Å². The third-order valence-electron chi connectivity index (χ3n) is 3.67. The van der Waals surface area contributed by atoms with Crippen molar-refractivity contribution in [2.24, 2.45) is 5.92 Å². The standard InChI is InChI=1S/C13H20N4O2/c1-16-9-5-11(6-10-16)4-8-15-13-12(17(18)19)3-2-7-14-13/h2-3,7,11H,4-6,8-10H2,1H3,(H,14,15). The van der Waals surface area contributed by atoms with E-state index in [0.29, 0.717) is 11.7 Å². The maximum atomic E-state index is 10.8. The Kier molecular flexibility index (Phi) is 4.68. The monoisotopic (exact) mass is 264 g/mol. The van der Waals surface area contributed by atoms with Gasteiger partial charge < -0.3 is 10.2 Å². The van der Waals surface area contributed by atoms with Crippen LogP contribution < -0.4 is 5.32 Å². The number of piperidine rings is 1. The number of nitro groups is 1. The number of hydrogen-bond donors (Lipinski definition) is 1. The summed E-state index contributed by atoms with van der Waals surface area (Å²) in [6.07, 6.45) is 5.04. The minimum atomic E-state index is -0.398. The van der Waals surface area contributed by atoms with Crippen LogP contribution in [-0.2, 0) is 0 Å². The largest absolute Gasteiger partial charge is 0.364 e. The number of hydrogen-bond acceptors (Lipinski definition) is 5. The Labute approximate surface area is 113 Å². The molecule has 2 rings (SSSR count). The van der Waals surface area contributed by atoms with E-state index in [1.807, 2.05) is 0 Å². The first kappa shape index (κ1) is 13.7. The van der Waals surface area contributed by atoms with Gasteiger partial charge in [-0.2, -0.15) is 0 Å². The summed E-state index contributed by atoms with van der Waals surface area (Å²) in [5.41, 5.74) is 0.0471. The summed E-state index contributed by atoms with van der Waals surface area (Å²) >= 11 is 0. The highest BCUT2D eigenvalue weighted by Gasteiger charge is 2.17. The van der Waals surface area contributed by atoms with Gasteiger partial charge in [-0.3, -0.25) is 10.1 Å². The summed E-state index contributed by atoms with van der Waals surface area (Å²) in [5, 5.41) is 13.9. The molecule has 0 atom stereocenters. The molecule has 1 aromatic rings. The van der Waals surface area contributed by atoms with Crippen LogP contribution in [0, 0.1) is 16.0 Å². The van der Waals surface area contributed by atoms with Crippen molar-refractivity contribution < 1.29 is 4.92 Å². The van der Waals surface area contributed by atoms with E-state index in [1.54, 1.807) is 12.3 Å². The topological polar surface area (TPSA) is 71.3 Å². The minimum Gasteiger partial charge on any atom is -0.364 e. The highest BCUT2D eigenvalue weighted by Crippen LogP contribution is 2.22. The van der Waals surface area contributed by atoms with Crippen molar-refractivity contribution in [1.82, 2.24) is 9.88 Å². The Morgan fingerprint density at radius 2 is 2.26 bits per heavy atom. The summed E-state index contributed by atoms with van der Waals surface area (Å²) in [4.78, 5) is 16.8. The fraction of sp³-hybridized carbons (Fsp3) is 0.615. The average Bonchev–Trinajstić information content (AvgIpc) is 2.41. The molecule has 2 heterocycles. The van der Waals surface area contributed by atoms with E-state index in [9.17, 15) is 10.1 Å². The molecule has 0 saturated carbocycles. The van der Waals surface area contributed by atoms with E-state index in [-0.39, 0.29) is 5.69 Å². The summed E-state index contributed by atoms with van der Waals surface area (Å²) < 4.78 is 0. The van der Waals surface area contributed by atoms with Gasteiger partial charge in [-0.25, -0.2) is 4.98 Å². The molecular formula is C13H20N4O2. The quantitative estimate of drug-likeness (QED) is 0.651. The van der Waals surface area contributed by atoms with Crippen LogP contribution in [0.15, 0.2) is 18.3 Å². The number of aromatic nitrogens is 1. The van der Waals surface area contributed by atoms with Crippen molar-refractivity contribution >= 4 is 11.5 Å². The van der Waals surface area contributed by atoms with E-state index in [1.165, 1.54) is 18.9 Å². The Hall–Kier alpha value is -1.69. The van der Waals surface area contributed by atoms with Crippen LogP contribution in [0.3, 0.4) is 0 Å². The molecule has 1 aliphatic heterocycles. The van der Waals surface area contributed by atoms with Gasteiger partial charge in [-0.15, -0.1) is 0 Å².